The first kappa shape index (κ1) is 14.0. The molecule has 23 heavy (non-hydrogen) atoms. The van der Waals surface area contributed by atoms with Gasteiger partial charge >= 0.3 is 0 Å². The van der Waals surface area contributed by atoms with Crippen molar-refractivity contribution in [3.8, 4) is 0 Å². The molecule has 2 fully saturated rings. The fourth-order valence-corrected chi connectivity index (χ4v) is 5.84. The van der Waals surface area contributed by atoms with Crippen LogP contribution in [0.5, 0.6) is 0 Å². The van der Waals surface area contributed by atoms with Crippen LogP contribution < -0.4 is 0 Å². The zero-order valence-corrected chi connectivity index (χ0v) is 13.9. The molecule has 3 heteroatoms. The minimum absolute atomic E-state index is 0.0798. The lowest BCUT2D eigenvalue weighted by Gasteiger charge is -2.37. The average Bonchev–Trinajstić information content (AvgIpc) is 3.04. The Morgan fingerprint density at radius 1 is 0.957 bits per heavy atom. The number of nitrogens with zero attached hydrogens (tertiary/aromatic N) is 1. The number of benzene rings is 2. The largest absolute Gasteiger partial charge is 0.393 e. The van der Waals surface area contributed by atoms with Gasteiger partial charge in [-0.1, -0.05) is 36.4 Å². The first-order valence-electron chi connectivity index (χ1n) is 8.62. The van der Waals surface area contributed by atoms with Crippen molar-refractivity contribution in [1.29, 1.82) is 0 Å². The lowest BCUT2D eigenvalue weighted by molar-refractivity contribution is 0.0313. The van der Waals surface area contributed by atoms with E-state index in [9.17, 15) is 5.11 Å². The molecule has 2 saturated heterocycles. The first-order chi connectivity index (χ1) is 11.3. The van der Waals surface area contributed by atoms with E-state index < -0.39 is 0 Å². The van der Waals surface area contributed by atoms with Crippen molar-refractivity contribution in [2.24, 2.45) is 0 Å². The molecule has 2 aliphatic heterocycles. The normalized spacial score (nSPS) is 28.0. The molecule has 0 radical (unpaired) electrons. The summed E-state index contributed by atoms with van der Waals surface area (Å²) in [5, 5.41) is 12.8. The molecule has 2 aliphatic rings. The van der Waals surface area contributed by atoms with Crippen LogP contribution in [0.15, 0.2) is 42.5 Å². The summed E-state index contributed by atoms with van der Waals surface area (Å²) in [5.74, 6) is 0. The van der Waals surface area contributed by atoms with Gasteiger partial charge < -0.3 is 5.11 Å². The second-order valence-corrected chi connectivity index (χ2v) is 8.13. The fourth-order valence-electron chi connectivity index (χ4n) is 4.63. The number of fused-ring (bicyclic) bond motifs is 5. The highest BCUT2D eigenvalue weighted by Gasteiger charge is 2.40. The maximum Gasteiger partial charge on any atom is 0.0570 e. The van der Waals surface area contributed by atoms with E-state index in [0.717, 1.165) is 19.4 Å². The quantitative estimate of drug-likeness (QED) is 0.748. The number of rotatable bonds is 2. The third-order valence-electron chi connectivity index (χ3n) is 5.70. The molecule has 118 valence electrons. The summed E-state index contributed by atoms with van der Waals surface area (Å²) in [7, 11) is 0. The standard InChI is InChI=1S/C20H21NOS/c22-16-10-14-8-9-15(11-16)21(14)12-13-4-3-6-18-17-5-1-2-7-19(17)23-20(13)18/h1-7,14-16,22H,8-12H2/t14-,15+,16?. The molecule has 3 aromatic rings. The van der Waals surface area contributed by atoms with Crippen molar-refractivity contribution in [3.05, 3.63) is 48.0 Å². The highest BCUT2D eigenvalue weighted by molar-refractivity contribution is 7.26. The van der Waals surface area contributed by atoms with Crippen molar-refractivity contribution < 1.29 is 5.11 Å². The van der Waals surface area contributed by atoms with Crippen LogP contribution in [-0.2, 0) is 6.54 Å². The molecule has 1 aromatic heterocycles. The Morgan fingerprint density at radius 3 is 2.52 bits per heavy atom. The first-order valence-corrected chi connectivity index (χ1v) is 9.44. The topological polar surface area (TPSA) is 23.5 Å². The monoisotopic (exact) mass is 323 g/mol. The van der Waals surface area contributed by atoms with Crippen molar-refractivity contribution in [3.63, 3.8) is 0 Å². The summed E-state index contributed by atoms with van der Waals surface area (Å²) in [4.78, 5) is 2.66. The number of aliphatic hydroxyl groups is 1. The minimum Gasteiger partial charge on any atom is -0.393 e. The zero-order valence-electron chi connectivity index (χ0n) is 13.1. The number of aliphatic hydroxyl groups excluding tert-OH is 1. The second-order valence-electron chi connectivity index (χ2n) is 7.07. The molecule has 3 atom stereocenters. The van der Waals surface area contributed by atoms with E-state index >= 15 is 0 Å². The Kier molecular flexibility index (Phi) is 3.22. The molecule has 2 aromatic carbocycles. The molecule has 0 aliphatic carbocycles. The molecule has 3 heterocycles. The Labute approximate surface area is 140 Å². The van der Waals surface area contributed by atoms with Crippen LogP contribution in [0, 0.1) is 0 Å². The summed E-state index contributed by atoms with van der Waals surface area (Å²) >= 11 is 1.92. The molecule has 0 amide bonds. The Hall–Kier alpha value is -1.42. The molecule has 0 spiro atoms. The van der Waals surface area contributed by atoms with Crippen LogP contribution in [0.1, 0.15) is 31.2 Å². The van der Waals surface area contributed by atoms with Crippen LogP contribution in [-0.4, -0.2) is 28.2 Å². The van der Waals surface area contributed by atoms with E-state index in [1.807, 2.05) is 11.3 Å². The smallest absolute Gasteiger partial charge is 0.0570 e. The molecule has 2 bridgehead atoms. The third kappa shape index (κ3) is 2.22. The molecule has 5 rings (SSSR count). The van der Waals surface area contributed by atoms with Gasteiger partial charge in [0.1, 0.15) is 0 Å². The van der Waals surface area contributed by atoms with Crippen molar-refractivity contribution in [2.75, 3.05) is 0 Å². The van der Waals surface area contributed by atoms with Crippen molar-refractivity contribution in [1.82, 2.24) is 4.90 Å². The van der Waals surface area contributed by atoms with Gasteiger partial charge in [0, 0.05) is 38.8 Å². The van der Waals surface area contributed by atoms with Gasteiger partial charge in [-0.3, -0.25) is 4.90 Å². The highest BCUT2D eigenvalue weighted by atomic mass is 32.1. The summed E-state index contributed by atoms with van der Waals surface area (Å²) in [6, 6.07) is 16.6. The Morgan fingerprint density at radius 2 is 1.70 bits per heavy atom. The predicted molar refractivity (Wildman–Crippen MR) is 96.9 cm³/mol. The van der Waals surface area contributed by atoms with Gasteiger partial charge in [0.05, 0.1) is 6.10 Å². The molecule has 1 unspecified atom stereocenters. The van der Waals surface area contributed by atoms with Gasteiger partial charge in [0.2, 0.25) is 0 Å². The van der Waals surface area contributed by atoms with E-state index in [1.165, 1.54) is 38.6 Å². The van der Waals surface area contributed by atoms with E-state index in [0.29, 0.717) is 12.1 Å². The van der Waals surface area contributed by atoms with Gasteiger partial charge in [0.15, 0.2) is 0 Å². The van der Waals surface area contributed by atoms with E-state index in [-0.39, 0.29) is 6.10 Å². The number of piperidine rings is 1. The maximum absolute atomic E-state index is 10.0. The van der Waals surface area contributed by atoms with Gasteiger partial charge in [-0.25, -0.2) is 0 Å². The zero-order chi connectivity index (χ0) is 15.4. The molecular formula is C20H21NOS. The van der Waals surface area contributed by atoms with Gasteiger partial charge in [-0.15, -0.1) is 11.3 Å². The van der Waals surface area contributed by atoms with E-state index in [1.54, 1.807) is 0 Å². The van der Waals surface area contributed by atoms with Crippen LogP contribution in [0.3, 0.4) is 0 Å². The lowest BCUT2D eigenvalue weighted by atomic mass is 9.99. The van der Waals surface area contributed by atoms with Gasteiger partial charge in [-0.05, 0) is 37.3 Å². The van der Waals surface area contributed by atoms with E-state index in [4.69, 9.17) is 0 Å². The van der Waals surface area contributed by atoms with Gasteiger partial charge in [0.25, 0.3) is 0 Å². The summed E-state index contributed by atoms with van der Waals surface area (Å²) in [5.41, 5.74) is 1.46. The third-order valence-corrected chi connectivity index (χ3v) is 6.96. The summed E-state index contributed by atoms with van der Waals surface area (Å²) < 4.78 is 2.83. The number of thiophene rings is 1. The SMILES string of the molecule is OC1C[C@H]2CC[C@@H](C1)N2Cc1cccc2c1sc1ccccc12. The van der Waals surface area contributed by atoms with Crippen LogP contribution >= 0.6 is 11.3 Å². The Bertz CT molecular complexity index is 856. The highest BCUT2D eigenvalue weighted by Crippen LogP contribution is 2.40. The molecule has 0 saturated carbocycles. The fraction of sp³-hybridized carbons (Fsp3) is 0.400. The molecule has 1 N–H and O–H groups in total. The van der Waals surface area contributed by atoms with E-state index in [2.05, 4.69) is 47.4 Å². The Balaban J connectivity index is 1.56. The maximum atomic E-state index is 10.0. The van der Waals surface area contributed by atoms with Crippen LogP contribution in [0.4, 0.5) is 0 Å². The molecular weight excluding hydrogens is 302 g/mol. The number of hydrogen-bond acceptors (Lipinski definition) is 3. The van der Waals surface area contributed by atoms with Crippen LogP contribution in [0.25, 0.3) is 20.2 Å². The van der Waals surface area contributed by atoms with Crippen molar-refractivity contribution in [2.45, 2.75) is 50.4 Å². The average molecular weight is 323 g/mol. The minimum atomic E-state index is -0.0798. The molecule has 2 nitrogen and oxygen atoms in total. The predicted octanol–water partition coefficient (Wildman–Crippen LogP) is 4.54. The lowest BCUT2D eigenvalue weighted by Crippen LogP contribution is -2.44. The van der Waals surface area contributed by atoms with Crippen molar-refractivity contribution >= 4 is 31.5 Å². The van der Waals surface area contributed by atoms with Crippen LogP contribution in [0.2, 0.25) is 0 Å². The number of hydrogen-bond donors (Lipinski definition) is 1. The summed E-state index contributed by atoms with van der Waals surface area (Å²) in [6.07, 6.45) is 4.34. The second kappa shape index (κ2) is 5.30. The summed E-state index contributed by atoms with van der Waals surface area (Å²) in [6.45, 7) is 1.03. The van der Waals surface area contributed by atoms with Gasteiger partial charge in [-0.2, -0.15) is 0 Å².